The van der Waals surface area contributed by atoms with E-state index in [-0.39, 0.29) is 11.8 Å². The summed E-state index contributed by atoms with van der Waals surface area (Å²) in [5.74, 6) is 0.356. The van der Waals surface area contributed by atoms with Crippen LogP contribution in [0, 0.1) is 5.92 Å². The zero-order valence-corrected chi connectivity index (χ0v) is 11.0. The van der Waals surface area contributed by atoms with Crippen LogP contribution in [0.15, 0.2) is 30.3 Å². The van der Waals surface area contributed by atoms with Crippen LogP contribution in [0.2, 0.25) is 0 Å². The van der Waals surface area contributed by atoms with Gasteiger partial charge in [-0.05, 0) is 30.6 Å². The highest BCUT2D eigenvalue weighted by Crippen LogP contribution is 2.26. The molecule has 2 fully saturated rings. The van der Waals surface area contributed by atoms with Crippen LogP contribution >= 0.6 is 12.2 Å². The molecule has 3 nitrogen and oxygen atoms in total. The van der Waals surface area contributed by atoms with Gasteiger partial charge in [0.15, 0.2) is 5.11 Å². The van der Waals surface area contributed by atoms with Crippen LogP contribution in [0.3, 0.4) is 0 Å². The summed E-state index contributed by atoms with van der Waals surface area (Å²) in [7, 11) is 0. The van der Waals surface area contributed by atoms with Crippen LogP contribution in [-0.2, 0) is 11.3 Å². The quantitative estimate of drug-likeness (QED) is 0.760. The smallest absolute Gasteiger partial charge is 0.233 e. The summed E-state index contributed by atoms with van der Waals surface area (Å²) >= 11 is 5.44. The molecule has 0 N–H and O–H groups in total. The fraction of sp³-hybridized carbons (Fsp3) is 0.429. The molecular formula is C14H16N2OS. The molecule has 18 heavy (non-hydrogen) atoms. The van der Waals surface area contributed by atoms with Crippen LogP contribution in [0.4, 0.5) is 0 Å². The van der Waals surface area contributed by atoms with E-state index >= 15 is 0 Å². The van der Waals surface area contributed by atoms with E-state index in [1.807, 2.05) is 30.3 Å². The number of fused-ring (bicyclic) bond motifs is 2. The molecule has 0 radical (unpaired) electrons. The Bertz CT molecular complexity index is 452. The number of hydrogen-bond acceptors (Lipinski definition) is 2. The Kier molecular flexibility index (Phi) is 3.04. The summed E-state index contributed by atoms with van der Waals surface area (Å²) in [6.07, 6.45) is 2.08. The Morgan fingerprint density at radius 1 is 1.28 bits per heavy atom. The fourth-order valence-corrected chi connectivity index (χ4v) is 3.07. The number of amides is 1. The van der Waals surface area contributed by atoms with Gasteiger partial charge in [-0.15, -0.1) is 0 Å². The number of hydrogen-bond donors (Lipinski definition) is 0. The van der Waals surface area contributed by atoms with Gasteiger partial charge in [-0.1, -0.05) is 30.3 Å². The van der Waals surface area contributed by atoms with E-state index in [1.54, 1.807) is 4.90 Å². The minimum atomic E-state index is 0.147. The van der Waals surface area contributed by atoms with Crippen molar-refractivity contribution in [3.8, 4) is 0 Å². The SMILES string of the molecule is O=C1[C@@H]2CCCN(C2)C(=S)N1Cc1ccccc1. The molecule has 0 spiro atoms. The summed E-state index contributed by atoms with van der Waals surface area (Å²) in [5, 5.41) is 0.708. The van der Waals surface area contributed by atoms with Gasteiger partial charge in [-0.2, -0.15) is 0 Å². The average molecular weight is 260 g/mol. The number of thiocarbonyl (C=S) groups is 1. The summed E-state index contributed by atoms with van der Waals surface area (Å²) in [4.78, 5) is 16.3. The first-order valence-electron chi connectivity index (χ1n) is 6.40. The molecule has 2 aliphatic rings. The van der Waals surface area contributed by atoms with Gasteiger partial charge in [0.2, 0.25) is 5.91 Å². The van der Waals surface area contributed by atoms with Crippen molar-refractivity contribution < 1.29 is 4.79 Å². The highest BCUT2D eigenvalue weighted by atomic mass is 32.1. The van der Waals surface area contributed by atoms with Crippen LogP contribution < -0.4 is 0 Å². The van der Waals surface area contributed by atoms with Gasteiger partial charge in [0, 0.05) is 13.1 Å². The maximum absolute atomic E-state index is 12.4. The maximum Gasteiger partial charge on any atom is 0.233 e. The molecule has 0 saturated carbocycles. The Hall–Kier alpha value is -1.42. The Balaban J connectivity index is 1.82. The fourth-order valence-electron chi connectivity index (χ4n) is 2.75. The molecule has 0 aliphatic carbocycles. The monoisotopic (exact) mass is 260 g/mol. The first-order valence-corrected chi connectivity index (χ1v) is 6.81. The molecule has 1 amide bonds. The number of carbonyl (C=O) groups is 1. The standard InChI is InChI=1S/C14H16N2OS/c17-13-12-7-4-8-15(10-12)14(18)16(13)9-11-5-2-1-3-6-11/h1-3,5-6,12H,4,7-10H2/t12-/m1/s1. The van der Waals surface area contributed by atoms with Crippen molar-refractivity contribution in [1.29, 1.82) is 0 Å². The third-order valence-electron chi connectivity index (χ3n) is 3.72. The predicted octanol–water partition coefficient (Wildman–Crippen LogP) is 2.03. The lowest BCUT2D eigenvalue weighted by molar-refractivity contribution is -0.136. The van der Waals surface area contributed by atoms with Crippen molar-refractivity contribution in [3.05, 3.63) is 35.9 Å². The lowest BCUT2D eigenvalue weighted by Gasteiger charge is -2.44. The molecule has 4 heteroatoms. The minimum Gasteiger partial charge on any atom is -0.348 e. The molecule has 0 aromatic heterocycles. The second-order valence-corrected chi connectivity index (χ2v) is 5.34. The van der Waals surface area contributed by atoms with Crippen molar-refractivity contribution in [3.63, 3.8) is 0 Å². The summed E-state index contributed by atoms with van der Waals surface area (Å²) in [6.45, 7) is 2.42. The molecule has 2 saturated heterocycles. The van der Waals surface area contributed by atoms with E-state index in [4.69, 9.17) is 12.2 Å². The largest absolute Gasteiger partial charge is 0.348 e. The van der Waals surface area contributed by atoms with E-state index in [9.17, 15) is 4.79 Å². The topological polar surface area (TPSA) is 23.6 Å². The number of rotatable bonds is 2. The third kappa shape index (κ3) is 2.01. The van der Waals surface area contributed by atoms with E-state index in [0.717, 1.165) is 31.5 Å². The second kappa shape index (κ2) is 4.69. The third-order valence-corrected chi connectivity index (χ3v) is 4.20. The van der Waals surface area contributed by atoms with Gasteiger partial charge in [-0.3, -0.25) is 9.69 Å². The first-order chi connectivity index (χ1) is 8.75. The van der Waals surface area contributed by atoms with Crippen molar-refractivity contribution in [2.45, 2.75) is 19.4 Å². The molecule has 2 bridgehead atoms. The highest BCUT2D eigenvalue weighted by molar-refractivity contribution is 7.80. The number of piperidine rings is 1. The molecule has 3 rings (SSSR count). The maximum atomic E-state index is 12.4. The molecule has 1 aromatic carbocycles. The Morgan fingerprint density at radius 3 is 2.83 bits per heavy atom. The van der Waals surface area contributed by atoms with E-state index in [0.29, 0.717) is 11.7 Å². The Morgan fingerprint density at radius 2 is 2.06 bits per heavy atom. The van der Waals surface area contributed by atoms with Crippen molar-refractivity contribution in [1.82, 2.24) is 9.80 Å². The zero-order chi connectivity index (χ0) is 12.5. The molecule has 1 aromatic rings. The zero-order valence-electron chi connectivity index (χ0n) is 10.2. The second-order valence-electron chi connectivity index (χ2n) is 4.98. The van der Waals surface area contributed by atoms with Gasteiger partial charge >= 0.3 is 0 Å². The van der Waals surface area contributed by atoms with Crippen LogP contribution in [0.25, 0.3) is 0 Å². The summed E-state index contributed by atoms with van der Waals surface area (Å²) in [6, 6.07) is 10.0. The Labute approximate surface area is 112 Å². The van der Waals surface area contributed by atoms with Gasteiger partial charge < -0.3 is 4.90 Å². The van der Waals surface area contributed by atoms with Crippen molar-refractivity contribution in [2.24, 2.45) is 5.92 Å². The molecule has 2 aliphatic heterocycles. The number of nitrogens with zero attached hydrogens (tertiary/aromatic N) is 2. The summed E-state index contributed by atoms with van der Waals surface area (Å²) < 4.78 is 0. The predicted molar refractivity (Wildman–Crippen MR) is 73.9 cm³/mol. The highest BCUT2D eigenvalue weighted by Gasteiger charge is 2.38. The van der Waals surface area contributed by atoms with Crippen LogP contribution in [0.5, 0.6) is 0 Å². The van der Waals surface area contributed by atoms with E-state index in [2.05, 4.69) is 4.90 Å². The number of carbonyl (C=O) groups excluding carboxylic acids is 1. The average Bonchev–Trinajstić information content (AvgIpc) is 2.43. The van der Waals surface area contributed by atoms with Gasteiger partial charge in [0.1, 0.15) is 0 Å². The summed E-state index contributed by atoms with van der Waals surface area (Å²) in [5.41, 5.74) is 1.13. The molecule has 0 unspecified atom stereocenters. The first kappa shape index (κ1) is 11.7. The van der Waals surface area contributed by atoms with Gasteiger partial charge in [0.05, 0.1) is 12.5 Å². The normalized spacial score (nSPS) is 23.4. The molecule has 2 heterocycles. The molecule has 1 atom stereocenters. The van der Waals surface area contributed by atoms with Crippen molar-refractivity contribution in [2.75, 3.05) is 13.1 Å². The van der Waals surface area contributed by atoms with E-state index < -0.39 is 0 Å². The minimum absolute atomic E-state index is 0.147. The van der Waals surface area contributed by atoms with Crippen molar-refractivity contribution >= 4 is 23.2 Å². The lowest BCUT2D eigenvalue weighted by atomic mass is 9.94. The van der Waals surface area contributed by atoms with E-state index in [1.165, 1.54) is 0 Å². The van der Waals surface area contributed by atoms with Gasteiger partial charge in [0.25, 0.3) is 0 Å². The number of benzene rings is 1. The van der Waals surface area contributed by atoms with Gasteiger partial charge in [-0.25, -0.2) is 0 Å². The molecular weight excluding hydrogens is 244 g/mol. The van der Waals surface area contributed by atoms with Crippen LogP contribution in [-0.4, -0.2) is 33.9 Å². The lowest BCUT2D eigenvalue weighted by Crippen LogP contribution is -2.58. The molecule has 94 valence electrons. The van der Waals surface area contributed by atoms with Crippen LogP contribution in [0.1, 0.15) is 18.4 Å².